The van der Waals surface area contributed by atoms with Gasteiger partial charge in [0.05, 0.1) is 35.1 Å². The third-order valence-corrected chi connectivity index (χ3v) is 9.95. The number of nitriles is 1. The van der Waals surface area contributed by atoms with Crippen LogP contribution in [0.15, 0.2) is 36.8 Å². The fraction of sp³-hybridized carbons (Fsp3) is 0.533. The Balaban J connectivity index is 0.986. The molecule has 5 atom stereocenters. The number of piperazine rings is 1. The highest BCUT2D eigenvalue weighted by Gasteiger charge is 2.58. The van der Waals surface area contributed by atoms with Crippen LogP contribution in [0.4, 0.5) is 5.82 Å². The van der Waals surface area contributed by atoms with Gasteiger partial charge in [-0.2, -0.15) is 10.4 Å². The summed E-state index contributed by atoms with van der Waals surface area (Å²) in [6.07, 6.45) is 8.26. The lowest BCUT2D eigenvalue weighted by Crippen LogP contribution is -2.72. The van der Waals surface area contributed by atoms with E-state index in [-0.39, 0.29) is 11.9 Å². The van der Waals surface area contributed by atoms with Crippen LogP contribution < -0.4 is 9.64 Å². The number of fused-ring (bicyclic) bond motifs is 4. The lowest BCUT2D eigenvalue weighted by molar-refractivity contribution is -0.137. The van der Waals surface area contributed by atoms with Gasteiger partial charge in [-0.3, -0.25) is 14.6 Å². The van der Waals surface area contributed by atoms with Gasteiger partial charge in [-0.15, -0.1) is 0 Å². The van der Waals surface area contributed by atoms with Crippen molar-refractivity contribution in [1.29, 1.82) is 5.26 Å². The molecule has 8 heterocycles. The third kappa shape index (κ3) is 4.08. The van der Waals surface area contributed by atoms with Crippen LogP contribution in [0.25, 0.3) is 16.6 Å². The number of likely N-dealkylation sites (tertiary alicyclic amines) is 2. The van der Waals surface area contributed by atoms with Gasteiger partial charge in [0.1, 0.15) is 24.2 Å². The van der Waals surface area contributed by atoms with E-state index in [1.165, 1.54) is 0 Å². The molecule has 1 N–H and O–H groups in total. The summed E-state index contributed by atoms with van der Waals surface area (Å²) >= 11 is 0. The van der Waals surface area contributed by atoms with Crippen LogP contribution in [0.2, 0.25) is 0 Å². The van der Waals surface area contributed by atoms with Gasteiger partial charge in [0, 0.05) is 81.6 Å². The molecule has 6 aliphatic rings. The number of carbonyl (C=O) groups excluding carboxylic acids is 1. The second-order valence-corrected chi connectivity index (χ2v) is 12.5. The number of pyridine rings is 2. The summed E-state index contributed by atoms with van der Waals surface area (Å²) in [4.78, 5) is 26.3. The summed E-state index contributed by atoms with van der Waals surface area (Å²) < 4.78 is 7.85. The monoisotopic (exact) mass is 554 g/mol. The molecule has 212 valence electrons. The second kappa shape index (κ2) is 9.14. The van der Waals surface area contributed by atoms with E-state index >= 15 is 0 Å². The number of likely N-dealkylation sites (N-methyl/N-ethyl adjacent to an activating group) is 1. The Kier molecular flexibility index (Phi) is 5.58. The fourth-order valence-electron chi connectivity index (χ4n) is 7.65. The topological polar surface area (TPSA) is 113 Å². The van der Waals surface area contributed by atoms with Gasteiger partial charge >= 0.3 is 0 Å². The van der Waals surface area contributed by atoms with Crippen molar-refractivity contribution >= 4 is 17.2 Å². The number of rotatable bonds is 7. The Labute approximate surface area is 238 Å². The maximum atomic E-state index is 12.6. The SMILES string of the molecule is CN1CCC(N2C3CC2CN(c2ccc(-c4cc(OCCN5CC6CC6(O)C5)cn5ncc(C#N)c45)cn2)C3)C1=O. The molecule has 6 fully saturated rings. The summed E-state index contributed by atoms with van der Waals surface area (Å²) in [5.41, 5.74) is 2.52. The van der Waals surface area contributed by atoms with Crippen molar-refractivity contribution in [3.05, 3.63) is 42.4 Å². The van der Waals surface area contributed by atoms with Gasteiger partial charge in [0.15, 0.2) is 0 Å². The minimum atomic E-state index is -0.464. The maximum Gasteiger partial charge on any atom is 0.239 e. The van der Waals surface area contributed by atoms with Crippen LogP contribution >= 0.6 is 0 Å². The molecule has 3 aromatic heterocycles. The Morgan fingerprint density at radius 2 is 2.07 bits per heavy atom. The predicted octanol–water partition coefficient (Wildman–Crippen LogP) is 1.21. The van der Waals surface area contributed by atoms with Crippen molar-refractivity contribution in [2.24, 2.45) is 5.92 Å². The summed E-state index contributed by atoms with van der Waals surface area (Å²) in [5.74, 6) is 2.29. The van der Waals surface area contributed by atoms with E-state index in [0.29, 0.717) is 35.9 Å². The third-order valence-electron chi connectivity index (χ3n) is 9.95. The molecule has 9 rings (SSSR count). The average Bonchev–Trinajstić information content (AvgIpc) is 3.26. The van der Waals surface area contributed by atoms with Crippen LogP contribution in [-0.2, 0) is 4.79 Å². The van der Waals surface area contributed by atoms with Gasteiger partial charge in [0.2, 0.25) is 5.91 Å². The van der Waals surface area contributed by atoms with Crippen molar-refractivity contribution in [3.8, 4) is 22.9 Å². The molecule has 2 bridgehead atoms. The highest BCUT2D eigenvalue weighted by molar-refractivity contribution is 5.85. The number of amides is 1. The van der Waals surface area contributed by atoms with Crippen molar-refractivity contribution in [3.63, 3.8) is 0 Å². The average molecular weight is 555 g/mol. The van der Waals surface area contributed by atoms with Gasteiger partial charge in [-0.25, -0.2) is 9.50 Å². The molecule has 0 spiro atoms. The van der Waals surface area contributed by atoms with Gasteiger partial charge in [-0.1, -0.05) is 0 Å². The molecule has 5 saturated heterocycles. The number of β-amino-alcohol motifs (C(OH)–C–C–N with tert-alkyl or cyclic N) is 1. The molecular formula is C30H34N8O3. The van der Waals surface area contributed by atoms with Crippen LogP contribution in [0.1, 0.15) is 24.8 Å². The Morgan fingerprint density at radius 1 is 1.22 bits per heavy atom. The summed E-state index contributed by atoms with van der Waals surface area (Å²) in [6.45, 7) is 5.51. The largest absolute Gasteiger partial charge is 0.491 e. The van der Waals surface area contributed by atoms with E-state index < -0.39 is 5.60 Å². The lowest BCUT2D eigenvalue weighted by atomic mass is 9.85. The Morgan fingerprint density at radius 3 is 2.76 bits per heavy atom. The highest BCUT2D eigenvalue weighted by Crippen LogP contribution is 2.49. The zero-order valence-corrected chi connectivity index (χ0v) is 23.2. The number of aromatic nitrogens is 3. The highest BCUT2D eigenvalue weighted by atomic mass is 16.5. The van der Waals surface area contributed by atoms with Crippen molar-refractivity contribution in [1.82, 2.24) is 29.3 Å². The predicted molar refractivity (Wildman–Crippen MR) is 150 cm³/mol. The number of carbonyl (C=O) groups is 1. The number of aliphatic hydroxyl groups is 1. The normalized spacial score (nSPS) is 30.9. The van der Waals surface area contributed by atoms with Crippen LogP contribution in [0, 0.1) is 17.2 Å². The van der Waals surface area contributed by atoms with Gasteiger partial charge in [0.25, 0.3) is 0 Å². The molecular weight excluding hydrogens is 520 g/mol. The molecule has 0 aromatic carbocycles. The standard InChI is InChI=1S/C30H34N8O3/c1-34-5-4-26(29(34)39)38-22-8-23(38)16-36(15-22)27-3-2-19(12-32-27)25-9-24(17-37-28(25)20(11-31)13-33-37)41-7-6-35-14-21-10-30(21,40)18-35/h2-3,9,12-13,17,21-23,26,40H,4-8,10,14-16,18H2,1H3. The molecule has 1 aliphatic carbocycles. The van der Waals surface area contributed by atoms with E-state index in [1.54, 1.807) is 10.7 Å². The van der Waals surface area contributed by atoms with Crippen molar-refractivity contribution in [2.45, 2.75) is 43.0 Å². The van der Waals surface area contributed by atoms with Crippen LogP contribution in [-0.4, -0.2) is 117 Å². The van der Waals surface area contributed by atoms with E-state index in [4.69, 9.17) is 9.72 Å². The number of piperidine rings is 2. The molecule has 1 saturated carbocycles. The summed E-state index contributed by atoms with van der Waals surface area (Å²) in [5, 5.41) is 24.5. The number of ether oxygens (including phenoxy) is 1. The molecule has 1 amide bonds. The first kappa shape index (κ1) is 25.0. The molecule has 11 heteroatoms. The zero-order valence-electron chi connectivity index (χ0n) is 23.2. The molecule has 0 radical (unpaired) electrons. The Bertz CT molecular complexity index is 1550. The summed E-state index contributed by atoms with van der Waals surface area (Å²) in [7, 11) is 1.90. The molecule has 11 nitrogen and oxygen atoms in total. The quantitative estimate of drug-likeness (QED) is 0.460. The zero-order chi connectivity index (χ0) is 27.9. The first-order chi connectivity index (χ1) is 19.9. The number of anilines is 1. The van der Waals surface area contributed by atoms with Crippen LogP contribution in [0.5, 0.6) is 5.75 Å². The first-order valence-electron chi connectivity index (χ1n) is 14.6. The fourth-order valence-corrected chi connectivity index (χ4v) is 7.65. The Hall–Kier alpha value is -3.72. The number of hydrogen-bond donors (Lipinski definition) is 1. The van der Waals surface area contributed by atoms with E-state index in [2.05, 4.69) is 38.0 Å². The minimum absolute atomic E-state index is 0.0374. The minimum Gasteiger partial charge on any atom is -0.491 e. The first-order valence-corrected chi connectivity index (χ1v) is 14.6. The van der Waals surface area contributed by atoms with Crippen LogP contribution in [0.3, 0.4) is 0 Å². The molecule has 5 aliphatic heterocycles. The number of nitrogens with zero attached hydrogens (tertiary/aromatic N) is 8. The maximum absolute atomic E-state index is 12.6. The second-order valence-electron chi connectivity index (χ2n) is 12.5. The smallest absolute Gasteiger partial charge is 0.239 e. The van der Waals surface area contributed by atoms with E-state index in [0.717, 1.165) is 81.0 Å². The van der Waals surface area contributed by atoms with E-state index in [9.17, 15) is 15.2 Å². The van der Waals surface area contributed by atoms with Crippen molar-refractivity contribution in [2.75, 3.05) is 57.8 Å². The molecule has 3 aromatic rings. The van der Waals surface area contributed by atoms with Crippen molar-refractivity contribution < 1.29 is 14.6 Å². The molecule has 5 unspecified atom stereocenters. The van der Waals surface area contributed by atoms with E-state index in [1.807, 2.05) is 30.4 Å². The summed E-state index contributed by atoms with van der Waals surface area (Å²) in [6, 6.07) is 9.16. The van der Waals surface area contributed by atoms with Gasteiger partial charge < -0.3 is 19.6 Å². The lowest BCUT2D eigenvalue weighted by Gasteiger charge is -2.58. The number of hydrogen-bond acceptors (Lipinski definition) is 9. The molecule has 41 heavy (non-hydrogen) atoms. The van der Waals surface area contributed by atoms with Gasteiger partial charge in [-0.05, 0) is 37.5 Å².